The van der Waals surface area contributed by atoms with Crippen molar-refractivity contribution in [3.8, 4) is 0 Å². The second-order valence-corrected chi connectivity index (χ2v) is 2.91. The van der Waals surface area contributed by atoms with Gasteiger partial charge in [-0.1, -0.05) is 11.6 Å². The molecule has 0 fully saturated rings. The van der Waals surface area contributed by atoms with Crippen molar-refractivity contribution in [3.05, 3.63) is 28.0 Å². The van der Waals surface area contributed by atoms with E-state index in [1.807, 2.05) is 0 Å². The molecule has 0 atom stereocenters. The van der Waals surface area contributed by atoms with Crippen LogP contribution < -0.4 is 5.73 Å². The second kappa shape index (κ2) is 4.43. The van der Waals surface area contributed by atoms with Crippen LogP contribution in [-0.2, 0) is 6.54 Å². The lowest BCUT2D eigenvalue weighted by Gasteiger charge is -2.06. The van der Waals surface area contributed by atoms with E-state index in [-0.39, 0.29) is 17.3 Å². The molecule has 76 valence electrons. The Kier molecular flexibility index (Phi) is 3.49. The lowest BCUT2D eigenvalue weighted by molar-refractivity contribution is 0.111. The van der Waals surface area contributed by atoms with Crippen LogP contribution in [0, 0.1) is 0 Å². The fourth-order valence-electron chi connectivity index (χ4n) is 0.965. The summed E-state index contributed by atoms with van der Waals surface area (Å²) in [5.41, 5.74) is 4.87. The SMILES string of the molecule is NCc1cc(C(F)F)nc(C=O)c1Cl. The minimum absolute atomic E-state index is 0.0120. The lowest BCUT2D eigenvalue weighted by atomic mass is 10.2. The van der Waals surface area contributed by atoms with Crippen LogP contribution >= 0.6 is 11.6 Å². The van der Waals surface area contributed by atoms with Gasteiger partial charge in [0.1, 0.15) is 11.4 Å². The number of carbonyl (C=O) groups is 1. The molecule has 1 rings (SSSR count). The zero-order valence-corrected chi connectivity index (χ0v) is 7.76. The predicted molar refractivity (Wildman–Crippen MR) is 47.5 cm³/mol. The van der Waals surface area contributed by atoms with Crippen molar-refractivity contribution in [2.24, 2.45) is 5.73 Å². The molecule has 0 spiro atoms. The molecule has 6 heteroatoms. The largest absolute Gasteiger partial charge is 0.326 e. The highest BCUT2D eigenvalue weighted by Gasteiger charge is 2.15. The van der Waals surface area contributed by atoms with Crippen LogP contribution in [0.1, 0.15) is 28.2 Å². The van der Waals surface area contributed by atoms with Gasteiger partial charge in [-0.05, 0) is 11.6 Å². The van der Waals surface area contributed by atoms with Crippen molar-refractivity contribution in [2.75, 3.05) is 0 Å². The van der Waals surface area contributed by atoms with Crippen molar-refractivity contribution in [1.29, 1.82) is 0 Å². The molecule has 0 unspecified atom stereocenters. The van der Waals surface area contributed by atoms with E-state index in [1.54, 1.807) is 0 Å². The van der Waals surface area contributed by atoms with Gasteiger partial charge in [0.15, 0.2) is 6.29 Å². The van der Waals surface area contributed by atoms with Crippen LogP contribution in [0.15, 0.2) is 6.07 Å². The lowest BCUT2D eigenvalue weighted by Crippen LogP contribution is -2.04. The van der Waals surface area contributed by atoms with E-state index < -0.39 is 12.1 Å². The van der Waals surface area contributed by atoms with Gasteiger partial charge in [0.2, 0.25) is 0 Å². The molecule has 0 aliphatic rings. The maximum atomic E-state index is 12.3. The van der Waals surface area contributed by atoms with Crippen molar-refractivity contribution < 1.29 is 13.6 Å². The van der Waals surface area contributed by atoms with Gasteiger partial charge in [-0.2, -0.15) is 0 Å². The first kappa shape index (κ1) is 11.0. The predicted octanol–water partition coefficient (Wildman–Crippen LogP) is 1.94. The number of alkyl halides is 2. The maximum Gasteiger partial charge on any atom is 0.280 e. The molecule has 0 amide bonds. The highest BCUT2D eigenvalue weighted by molar-refractivity contribution is 6.33. The summed E-state index contributed by atoms with van der Waals surface area (Å²) in [6.45, 7) is -0.0120. The number of nitrogens with two attached hydrogens (primary N) is 1. The molecule has 1 heterocycles. The molecular formula is C8H7ClF2N2O. The number of hydrogen-bond donors (Lipinski definition) is 1. The fraction of sp³-hybridized carbons (Fsp3) is 0.250. The number of nitrogens with zero attached hydrogens (tertiary/aromatic N) is 1. The molecular weight excluding hydrogens is 214 g/mol. The maximum absolute atomic E-state index is 12.3. The Bertz CT molecular complexity index is 357. The summed E-state index contributed by atoms with van der Waals surface area (Å²) in [4.78, 5) is 13.8. The summed E-state index contributed by atoms with van der Waals surface area (Å²) in [5, 5.41) is 0.0342. The summed E-state index contributed by atoms with van der Waals surface area (Å²) in [6, 6.07) is 1.10. The number of aromatic nitrogens is 1. The summed E-state index contributed by atoms with van der Waals surface area (Å²) in [6.07, 6.45) is -2.41. The zero-order valence-electron chi connectivity index (χ0n) is 7.01. The van der Waals surface area contributed by atoms with E-state index in [2.05, 4.69) is 4.98 Å². The normalized spacial score (nSPS) is 10.6. The molecule has 2 N–H and O–H groups in total. The van der Waals surface area contributed by atoms with Crippen LogP contribution in [0.2, 0.25) is 5.02 Å². The molecule has 0 aliphatic carbocycles. The summed E-state index contributed by atoms with van der Waals surface area (Å²) in [5.74, 6) is 0. The average Bonchev–Trinajstić information content (AvgIpc) is 2.17. The van der Waals surface area contributed by atoms with E-state index in [9.17, 15) is 13.6 Å². The topological polar surface area (TPSA) is 56.0 Å². The van der Waals surface area contributed by atoms with Crippen molar-refractivity contribution in [1.82, 2.24) is 4.98 Å². The van der Waals surface area contributed by atoms with E-state index in [0.29, 0.717) is 11.8 Å². The monoisotopic (exact) mass is 220 g/mol. The van der Waals surface area contributed by atoms with Gasteiger partial charge < -0.3 is 5.73 Å². The standard InChI is InChI=1S/C8H7ClF2N2O/c9-7-4(2-12)1-5(8(10)11)13-6(7)3-14/h1,3,8H,2,12H2. The molecule has 0 radical (unpaired) electrons. The number of pyridine rings is 1. The number of rotatable bonds is 3. The summed E-state index contributed by atoms with van der Waals surface area (Å²) >= 11 is 5.67. The van der Waals surface area contributed by atoms with Crippen LogP contribution in [0.3, 0.4) is 0 Å². The molecule has 0 saturated carbocycles. The third-order valence-electron chi connectivity index (χ3n) is 1.63. The Balaban J connectivity index is 3.31. The van der Waals surface area contributed by atoms with Gasteiger partial charge in [0, 0.05) is 6.54 Å². The molecule has 1 aromatic rings. The molecule has 3 nitrogen and oxygen atoms in total. The number of hydrogen-bond acceptors (Lipinski definition) is 3. The minimum atomic E-state index is -2.74. The molecule has 0 saturated heterocycles. The Labute approximate surface area is 83.9 Å². The first-order valence-electron chi connectivity index (χ1n) is 3.72. The Hall–Kier alpha value is -1.07. The van der Waals surface area contributed by atoms with Gasteiger partial charge in [-0.3, -0.25) is 4.79 Å². The molecule has 1 aromatic heterocycles. The Morgan fingerprint density at radius 2 is 2.29 bits per heavy atom. The van der Waals surface area contributed by atoms with Gasteiger partial charge in [-0.25, -0.2) is 13.8 Å². The average molecular weight is 221 g/mol. The summed E-state index contributed by atoms with van der Waals surface area (Å²) < 4.78 is 24.5. The van der Waals surface area contributed by atoms with Gasteiger partial charge in [0.05, 0.1) is 5.02 Å². The highest BCUT2D eigenvalue weighted by atomic mass is 35.5. The second-order valence-electron chi connectivity index (χ2n) is 2.53. The minimum Gasteiger partial charge on any atom is -0.326 e. The van der Waals surface area contributed by atoms with E-state index >= 15 is 0 Å². The fourth-order valence-corrected chi connectivity index (χ4v) is 1.18. The molecule has 14 heavy (non-hydrogen) atoms. The first-order valence-corrected chi connectivity index (χ1v) is 4.10. The molecule has 0 aromatic carbocycles. The number of halogens is 3. The molecule has 0 bridgehead atoms. The van der Waals surface area contributed by atoms with Crippen molar-refractivity contribution >= 4 is 17.9 Å². The van der Waals surface area contributed by atoms with E-state index in [0.717, 1.165) is 6.07 Å². The Morgan fingerprint density at radius 3 is 2.71 bits per heavy atom. The third kappa shape index (κ3) is 2.05. The highest BCUT2D eigenvalue weighted by Crippen LogP contribution is 2.24. The quantitative estimate of drug-likeness (QED) is 0.792. The van der Waals surface area contributed by atoms with Gasteiger partial charge in [0.25, 0.3) is 6.43 Å². The smallest absolute Gasteiger partial charge is 0.280 e. The Morgan fingerprint density at radius 1 is 1.64 bits per heavy atom. The summed E-state index contributed by atoms with van der Waals surface area (Å²) in [7, 11) is 0. The third-order valence-corrected chi connectivity index (χ3v) is 2.07. The van der Waals surface area contributed by atoms with E-state index in [4.69, 9.17) is 17.3 Å². The van der Waals surface area contributed by atoms with Crippen LogP contribution in [-0.4, -0.2) is 11.3 Å². The zero-order chi connectivity index (χ0) is 10.7. The van der Waals surface area contributed by atoms with E-state index in [1.165, 1.54) is 0 Å². The number of aldehydes is 1. The van der Waals surface area contributed by atoms with Crippen LogP contribution in [0.5, 0.6) is 0 Å². The number of carbonyl (C=O) groups excluding carboxylic acids is 1. The first-order chi connectivity index (χ1) is 6.60. The van der Waals surface area contributed by atoms with Gasteiger partial charge in [-0.15, -0.1) is 0 Å². The van der Waals surface area contributed by atoms with Crippen LogP contribution in [0.25, 0.3) is 0 Å². The van der Waals surface area contributed by atoms with Crippen molar-refractivity contribution in [2.45, 2.75) is 13.0 Å². The van der Waals surface area contributed by atoms with Crippen molar-refractivity contribution in [3.63, 3.8) is 0 Å². The van der Waals surface area contributed by atoms with Gasteiger partial charge >= 0.3 is 0 Å². The van der Waals surface area contributed by atoms with Crippen LogP contribution in [0.4, 0.5) is 8.78 Å². The molecule has 0 aliphatic heterocycles.